The number of benzene rings is 1. The van der Waals surface area contributed by atoms with Crippen LogP contribution in [0.4, 0.5) is 0 Å². The number of carbonyl (C=O) groups is 1. The normalized spacial score (nSPS) is 12.3. The van der Waals surface area contributed by atoms with Crippen molar-refractivity contribution in [1.29, 1.82) is 0 Å². The summed E-state index contributed by atoms with van der Waals surface area (Å²) < 4.78 is 16.0. The van der Waals surface area contributed by atoms with Crippen LogP contribution >= 0.6 is 0 Å². The minimum atomic E-state index is -0.331. The summed E-state index contributed by atoms with van der Waals surface area (Å²) in [6.07, 6.45) is 0.458. The van der Waals surface area contributed by atoms with Gasteiger partial charge in [0.1, 0.15) is 6.04 Å². The van der Waals surface area contributed by atoms with E-state index in [-0.39, 0.29) is 23.8 Å². The van der Waals surface area contributed by atoms with Gasteiger partial charge in [-0.25, -0.2) is 0 Å². The average molecular weight is 361 g/mol. The van der Waals surface area contributed by atoms with Crippen molar-refractivity contribution in [3.63, 3.8) is 0 Å². The van der Waals surface area contributed by atoms with Crippen LogP contribution in [0.5, 0.6) is 11.5 Å². The van der Waals surface area contributed by atoms with Crippen molar-refractivity contribution in [2.24, 2.45) is 11.8 Å². The highest BCUT2D eigenvalue weighted by molar-refractivity contribution is 5.76. The number of rotatable bonds is 8. The Morgan fingerprint density at radius 1 is 1.15 bits per heavy atom. The smallest absolute Gasteiger partial charge is 0.249 e. The van der Waals surface area contributed by atoms with Gasteiger partial charge in [0.2, 0.25) is 17.6 Å². The van der Waals surface area contributed by atoms with E-state index < -0.39 is 0 Å². The maximum atomic E-state index is 12.1. The largest absolute Gasteiger partial charge is 0.493 e. The maximum Gasteiger partial charge on any atom is 0.249 e. The summed E-state index contributed by atoms with van der Waals surface area (Å²) in [5.41, 5.74) is 0.744. The first-order valence-corrected chi connectivity index (χ1v) is 8.71. The van der Waals surface area contributed by atoms with Crippen LogP contribution in [0.25, 0.3) is 11.4 Å². The molecule has 0 saturated heterocycles. The Morgan fingerprint density at radius 3 is 2.42 bits per heavy atom. The quantitative estimate of drug-likeness (QED) is 0.773. The lowest BCUT2D eigenvalue weighted by molar-refractivity contribution is -0.123. The van der Waals surface area contributed by atoms with E-state index in [1.54, 1.807) is 26.4 Å². The van der Waals surface area contributed by atoms with Gasteiger partial charge in [0.25, 0.3) is 0 Å². The third kappa shape index (κ3) is 4.74. The summed E-state index contributed by atoms with van der Waals surface area (Å²) in [6, 6.07) is 5.07. The van der Waals surface area contributed by atoms with Gasteiger partial charge >= 0.3 is 0 Å². The number of hydrogen-bond acceptors (Lipinski definition) is 6. The molecule has 1 aromatic carbocycles. The van der Waals surface area contributed by atoms with Crippen LogP contribution in [0.2, 0.25) is 0 Å². The molecule has 142 valence electrons. The molecule has 0 saturated carbocycles. The SMILES string of the molecule is COc1ccc(-c2noc(C(NC(=O)CC(C)C)C(C)C)n2)cc1OC. The van der Waals surface area contributed by atoms with Crippen LogP contribution in [-0.4, -0.2) is 30.3 Å². The van der Waals surface area contributed by atoms with Gasteiger partial charge in [-0.05, 0) is 30.0 Å². The third-order valence-corrected chi connectivity index (χ3v) is 3.93. The molecular weight excluding hydrogens is 334 g/mol. The lowest BCUT2D eigenvalue weighted by Crippen LogP contribution is -2.32. The monoisotopic (exact) mass is 361 g/mol. The van der Waals surface area contributed by atoms with Crippen molar-refractivity contribution in [2.75, 3.05) is 14.2 Å². The van der Waals surface area contributed by atoms with Crippen molar-refractivity contribution in [3.05, 3.63) is 24.1 Å². The van der Waals surface area contributed by atoms with Crippen molar-refractivity contribution in [2.45, 2.75) is 40.2 Å². The zero-order chi connectivity index (χ0) is 19.3. The van der Waals surface area contributed by atoms with Crippen molar-refractivity contribution in [1.82, 2.24) is 15.5 Å². The van der Waals surface area contributed by atoms with Crippen molar-refractivity contribution < 1.29 is 18.8 Å². The first kappa shape index (κ1) is 19.8. The van der Waals surface area contributed by atoms with E-state index in [1.807, 2.05) is 33.8 Å². The molecule has 1 heterocycles. The molecule has 1 unspecified atom stereocenters. The molecule has 0 fully saturated rings. The highest BCUT2D eigenvalue weighted by Crippen LogP contribution is 2.32. The molecule has 7 nitrogen and oxygen atoms in total. The van der Waals surface area contributed by atoms with Gasteiger partial charge in [-0.3, -0.25) is 4.79 Å². The molecule has 0 spiro atoms. The molecule has 1 atom stereocenters. The molecule has 0 aliphatic heterocycles. The second-order valence-corrected chi connectivity index (χ2v) is 6.91. The highest BCUT2D eigenvalue weighted by Gasteiger charge is 2.25. The number of ether oxygens (including phenoxy) is 2. The van der Waals surface area contributed by atoms with Gasteiger partial charge in [-0.2, -0.15) is 4.98 Å². The number of carbonyl (C=O) groups excluding carboxylic acids is 1. The molecule has 7 heteroatoms. The highest BCUT2D eigenvalue weighted by atomic mass is 16.5. The van der Waals surface area contributed by atoms with E-state index in [2.05, 4.69) is 15.5 Å². The Bertz CT molecular complexity index is 740. The van der Waals surface area contributed by atoms with Gasteiger partial charge in [0.15, 0.2) is 11.5 Å². The Kier molecular flexibility index (Phi) is 6.60. The number of nitrogens with zero attached hydrogens (tertiary/aromatic N) is 2. The van der Waals surface area contributed by atoms with Crippen LogP contribution in [-0.2, 0) is 4.79 Å². The fourth-order valence-electron chi connectivity index (χ4n) is 2.57. The molecule has 26 heavy (non-hydrogen) atoms. The summed E-state index contributed by atoms with van der Waals surface area (Å²) in [5.74, 6) is 2.41. The van der Waals surface area contributed by atoms with Crippen LogP contribution in [0.3, 0.4) is 0 Å². The van der Waals surface area contributed by atoms with E-state index in [1.165, 1.54) is 0 Å². The molecule has 1 amide bonds. The number of amides is 1. The summed E-state index contributed by atoms with van der Waals surface area (Å²) in [5, 5.41) is 7.04. The Hall–Kier alpha value is -2.57. The summed E-state index contributed by atoms with van der Waals surface area (Å²) >= 11 is 0. The molecule has 0 aliphatic carbocycles. The zero-order valence-electron chi connectivity index (χ0n) is 16.2. The van der Waals surface area contributed by atoms with Crippen molar-refractivity contribution in [3.8, 4) is 22.9 Å². The summed E-state index contributed by atoms with van der Waals surface area (Å²) in [7, 11) is 3.15. The molecule has 1 N–H and O–H groups in total. The molecule has 1 aromatic heterocycles. The van der Waals surface area contributed by atoms with Crippen LogP contribution in [0.1, 0.15) is 46.0 Å². The van der Waals surface area contributed by atoms with Crippen LogP contribution in [0.15, 0.2) is 22.7 Å². The minimum absolute atomic E-state index is 0.0235. The Labute approximate surface area is 154 Å². The Morgan fingerprint density at radius 2 is 1.85 bits per heavy atom. The number of hydrogen-bond donors (Lipinski definition) is 1. The second kappa shape index (κ2) is 8.69. The van der Waals surface area contributed by atoms with E-state index in [0.717, 1.165) is 5.56 Å². The number of nitrogens with one attached hydrogen (secondary N) is 1. The maximum absolute atomic E-state index is 12.1. The summed E-state index contributed by atoms with van der Waals surface area (Å²) in [6.45, 7) is 8.01. The van der Waals surface area contributed by atoms with Gasteiger partial charge in [-0.1, -0.05) is 32.9 Å². The number of methoxy groups -OCH3 is 2. The molecule has 2 rings (SSSR count). The molecule has 2 aromatic rings. The average Bonchev–Trinajstić information content (AvgIpc) is 3.07. The predicted molar refractivity (Wildman–Crippen MR) is 98.0 cm³/mol. The topological polar surface area (TPSA) is 86.5 Å². The molecule has 0 aliphatic rings. The van der Waals surface area contributed by atoms with Crippen LogP contribution in [0, 0.1) is 11.8 Å². The number of aromatic nitrogens is 2. The lowest BCUT2D eigenvalue weighted by Gasteiger charge is -2.19. The summed E-state index contributed by atoms with van der Waals surface area (Å²) in [4.78, 5) is 16.6. The Balaban J connectivity index is 2.24. The third-order valence-electron chi connectivity index (χ3n) is 3.93. The molecule has 0 radical (unpaired) electrons. The van der Waals surface area contributed by atoms with Gasteiger partial charge in [-0.15, -0.1) is 0 Å². The van der Waals surface area contributed by atoms with Gasteiger partial charge < -0.3 is 19.3 Å². The fraction of sp³-hybridized carbons (Fsp3) is 0.526. The van der Waals surface area contributed by atoms with E-state index in [0.29, 0.717) is 29.6 Å². The zero-order valence-corrected chi connectivity index (χ0v) is 16.2. The first-order chi connectivity index (χ1) is 12.3. The van der Waals surface area contributed by atoms with E-state index >= 15 is 0 Å². The lowest BCUT2D eigenvalue weighted by atomic mass is 10.0. The van der Waals surface area contributed by atoms with Gasteiger partial charge in [0, 0.05) is 12.0 Å². The predicted octanol–water partition coefficient (Wildman–Crippen LogP) is 3.61. The minimum Gasteiger partial charge on any atom is -0.493 e. The molecule has 0 bridgehead atoms. The standard InChI is InChI=1S/C19H27N3O4/c1-11(2)9-16(23)20-17(12(3)4)19-21-18(22-26-19)13-7-8-14(24-5)15(10-13)25-6/h7-8,10-12,17H,9H2,1-6H3,(H,20,23). The van der Waals surface area contributed by atoms with E-state index in [9.17, 15) is 4.79 Å². The first-order valence-electron chi connectivity index (χ1n) is 8.71. The van der Waals surface area contributed by atoms with Crippen LogP contribution < -0.4 is 14.8 Å². The fourth-order valence-corrected chi connectivity index (χ4v) is 2.57. The van der Waals surface area contributed by atoms with Crippen molar-refractivity contribution >= 4 is 5.91 Å². The second-order valence-electron chi connectivity index (χ2n) is 6.91. The van der Waals surface area contributed by atoms with Gasteiger partial charge in [0.05, 0.1) is 14.2 Å². The molecular formula is C19H27N3O4. The van der Waals surface area contributed by atoms with E-state index in [4.69, 9.17) is 14.0 Å².